The number of likely N-dealkylation sites (N-methyl/N-ethyl adjacent to an activating group) is 1. The summed E-state index contributed by atoms with van der Waals surface area (Å²) < 4.78 is 1.50. The highest BCUT2D eigenvalue weighted by atomic mass is 35.5. The van der Waals surface area contributed by atoms with Crippen molar-refractivity contribution in [1.29, 1.82) is 0 Å². The Hall–Kier alpha value is -2.21. The summed E-state index contributed by atoms with van der Waals surface area (Å²) in [7, 11) is 1.56. The minimum atomic E-state index is -0.197. The number of amides is 1. The lowest BCUT2D eigenvalue weighted by Crippen LogP contribution is -2.13. The van der Waals surface area contributed by atoms with E-state index in [0.717, 1.165) is 11.3 Å². The first kappa shape index (κ1) is 12.3. The molecular formula is C11H10ClN5O. The van der Waals surface area contributed by atoms with Gasteiger partial charge in [-0.1, -0.05) is 11.6 Å². The van der Waals surface area contributed by atoms with Crippen molar-refractivity contribution in [2.24, 2.45) is 0 Å². The molecule has 0 spiro atoms. The number of halogens is 1. The van der Waals surface area contributed by atoms with E-state index >= 15 is 0 Å². The lowest BCUT2D eigenvalue weighted by molar-refractivity contribution is -0.115. The van der Waals surface area contributed by atoms with Crippen molar-refractivity contribution in [2.45, 2.75) is 0 Å². The van der Waals surface area contributed by atoms with Crippen LogP contribution in [0.15, 0.2) is 30.6 Å². The van der Waals surface area contributed by atoms with Crippen LogP contribution in [0.2, 0.25) is 5.02 Å². The third-order valence-electron chi connectivity index (χ3n) is 2.25. The van der Waals surface area contributed by atoms with Crippen LogP contribution in [0.5, 0.6) is 0 Å². The number of aromatic nitrogens is 4. The first-order valence-electron chi connectivity index (χ1n) is 5.13. The van der Waals surface area contributed by atoms with Gasteiger partial charge >= 0.3 is 0 Å². The van der Waals surface area contributed by atoms with Crippen LogP contribution in [0, 0.1) is 0 Å². The molecule has 7 heteroatoms. The maximum Gasteiger partial charge on any atom is 0.243 e. The van der Waals surface area contributed by atoms with E-state index in [4.69, 9.17) is 11.6 Å². The van der Waals surface area contributed by atoms with Gasteiger partial charge in [-0.3, -0.25) is 4.79 Å². The smallest absolute Gasteiger partial charge is 0.243 e. The third-order valence-corrected chi connectivity index (χ3v) is 2.48. The van der Waals surface area contributed by atoms with Crippen molar-refractivity contribution in [3.05, 3.63) is 41.2 Å². The fourth-order valence-electron chi connectivity index (χ4n) is 1.39. The van der Waals surface area contributed by atoms with Gasteiger partial charge in [0.25, 0.3) is 0 Å². The highest BCUT2D eigenvalue weighted by Gasteiger charge is 2.05. The molecule has 6 nitrogen and oxygen atoms in total. The average molecular weight is 264 g/mol. The zero-order valence-corrected chi connectivity index (χ0v) is 10.3. The predicted molar refractivity (Wildman–Crippen MR) is 67.3 cm³/mol. The van der Waals surface area contributed by atoms with Gasteiger partial charge in [0.05, 0.1) is 5.69 Å². The Morgan fingerprint density at radius 2 is 2.33 bits per heavy atom. The maximum absolute atomic E-state index is 11.2. The minimum Gasteiger partial charge on any atom is -0.356 e. The molecule has 1 heterocycles. The van der Waals surface area contributed by atoms with Gasteiger partial charge in [-0.05, 0) is 34.7 Å². The van der Waals surface area contributed by atoms with E-state index in [2.05, 4.69) is 20.8 Å². The number of carbonyl (C=O) groups is 1. The van der Waals surface area contributed by atoms with Gasteiger partial charge in [0.2, 0.25) is 5.91 Å². The monoisotopic (exact) mass is 263 g/mol. The van der Waals surface area contributed by atoms with Crippen molar-refractivity contribution in [3.63, 3.8) is 0 Å². The molecule has 0 aliphatic carbocycles. The van der Waals surface area contributed by atoms with E-state index in [-0.39, 0.29) is 5.91 Å². The summed E-state index contributed by atoms with van der Waals surface area (Å²) in [6.45, 7) is 0. The summed E-state index contributed by atoms with van der Waals surface area (Å²) in [4.78, 5) is 11.2. The minimum absolute atomic E-state index is 0.197. The van der Waals surface area contributed by atoms with Crippen LogP contribution in [0.3, 0.4) is 0 Å². The predicted octanol–water partition coefficient (Wildman–Crippen LogP) is 1.07. The van der Waals surface area contributed by atoms with E-state index in [1.54, 1.807) is 31.3 Å². The molecule has 0 saturated carbocycles. The highest BCUT2D eigenvalue weighted by molar-refractivity contribution is 6.30. The molecule has 0 aliphatic rings. The SMILES string of the molecule is CNC(=O)/C=C/c1cc(Cl)ccc1-n1cnnn1. The quantitative estimate of drug-likeness (QED) is 0.841. The number of rotatable bonds is 3. The van der Waals surface area contributed by atoms with E-state index < -0.39 is 0 Å². The largest absolute Gasteiger partial charge is 0.356 e. The van der Waals surface area contributed by atoms with E-state index in [9.17, 15) is 4.79 Å². The fourth-order valence-corrected chi connectivity index (χ4v) is 1.57. The second kappa shape index (κ2) is 5.42. The second-order valence-electron chi connectivity index (χ2n) is 3.41. The molecule has 0 fully saturated rings. The number of nitrogens with one attached hydrogen (secondary N) is 1. The van der Waals surface area contributed by atoms with Gasteiger partial charge in [-0.2, -0.15) is 4.68 Å². The number of carbonyl (C=O) groups excluding carboxylic acids is 1. The summed E-state index contributed by atoms with van der Waals surface area (Å²) >= 11 is 5.93. The summed E-state index contributed by atoms with van der Waals surface area (Å²) in [5.41, 5.74) is 1.49. The van der Waals surface area contributed by atoms with Crippen LogP contribution < -0.4 is 5.32 Å². The van der Waals surface area contributed by atoms with Crippen molar-refractivity contribution in [2.75, 3.05) is 7.05 Å². The molecule has 1 aromatic heterocycles. The van der Waals surface area contributed by atoms with Crippen molar-refractivity contribution >= 4 is 23.6 Å². The van der Waals surface area contributed by atoms with Crippen LogP contribution in [0.4, 0.5) is 0 Å². The van der Waals surface area contributed by atoms with Crippen LogP contribution in [0.1, 0.15) is 5.56 Å². The number of tetrazole rings is 1. The first-order chi connectivity index (χ1) is 8.70. The molecule has 0 atom stereocenters. The second-order valence-corrected chi connectivity index (χ2v) is 3.84. The molecule has 18 heavy (non-hydrogen) atoms. The Kier molecular flexibility index (Phi) is 3.69. The molecule has 1 aromatic carbocycles. The molecule has 1 N–H and O–H groups in total. The molecule has 92 valence electrons. The molecule has 1 amide bonds. The summed E-state index contributed by atoms with van der Waals surface area (Å²) in [5, 5.41) is 14.0. The molecule has 2 rings (SSSR count). The lowest BCUT2D eigenvalue weighted by atomic mass is 10.1. The average Bonchev–Trinajstić information content (AvgIpc) is 2.89. The zero-order valence-electron chi connectivity index (χ0n) is 9.54. The first-order valence-corrected chi connectivity index (χ1v) is 5.51. The molecule has 0 saturated heterocycles. The standard InChI is InChI=1S/C11H10ClN5O/c1-13-11(18)5-2-8-6-9(12)3-4-10(8)17-7-14-15-16-17/h2-7H,1H3,(H,13,18)/b5-2+. The van der Waals surface area contributed by atoms with Gasteiger partial charge in [0, 0.05) is 23.7 Å². The molecule has 0 unspecified atom stereocenters. The molecule has 0 radical (unpaired) electrons. The highest BCUT2D eigenvalue weighted by Crippen LogP contribution is 2.20. The lowest BCUT2D eigenvalue weighted by Gasteiger charge is -2.05. The van der Waals surface area contributed by atoms with Crippen LogP contribution in [-0.2, 0) is 4.79 Å². The van der Waals surface area contributed by atoms with E-state index in [1.807, 2.05) is 0 Å². The third kappa shape index (κ3) is 2.72. The van der Waals surface area contributed by atoms with Crippen molar-refractivity contribution in [1.82, 2.24) is 25.5 Å². The van der Waals surface area contributed by atoms with Gasteiger partial charge in [0.1, 0.15) is 6.33 Å². The number of hydrogen-bond donors (Lipinski definition) is 1. The number of benzene rings is 1. The molecule has 2 aromatic rings. The molecular weight excluding hydrogens is 254 g/mol. The molecule has 0 bridgehead atoms. The van der Waals surface area contributed by atoms with Gasteiger partial charge < -0.3 is 5.32 Å². The summed E-state index contributed by atoms with van der Waals surface area (Å²) in [6, 6.07) is 5.25. The number of nitrogens with zero attached hydrogens (tertiary/aromatic N) is 4. The Morgan fingerprint density at radius 1 is 1.50 bits per heavy atom. The van der Waals surface area contributed by atoms with E-state index in [1.165, 1.54) is 17.1 Å². The number of hydrogen-bond acceptors (Lipinski definition) is 4. The topological polar surface area (TPSA) is 72.7 Å². The van der Waals surface area contributed by atoms with Gasteiger partial charge in [-0.25, -0.2) is 0 Å². The van der Waals surface area contributed by atoms with Crippen LogP contribution in [-0.4, -0.2) is 33.2 Å². The van der Waals surface area contributed by atoms with Crippen molar-refractivity contribution < 1.29 is 4.79 Å². The van der Waals surface area contributed by atoms with Crippen LogP contribution in [0.25, 0.3) is 11.8 Å². The normalized spacial score (nSPS) is 10.8. The van der Waals surface area contributed by atoms with Gasteiger partial charge in [-0.15, -0.1) is 5.10 Å². The van der Waals surface area contributed by atoms with Crippen LogP contribution >= 0.6 is 11.6 Å². The maximum atomic E-state index is 11.2. The van der Waals surface area contributed by atoms with Gasteiger partial charge in [0.15, 0.2) is 0 Å². The summed E-state index contributed by atoms with van der Waals surface area (Å²) in [6.07, 6.45) is 4.54. The summed E-state index contributed by atoms with van der Waals surface area (Å²) in [5.74, 6) is -0.197. The Labute approximate surface area is 108 Å². The zero-order chi connectivity index (χ0) is 13.0. The fraction of sp³-hybridized carbons (Fsp3) is 0.0909. The Bertz CT molecular complexity index is 579. The Balaban J connectivity index is 2.42. The Morgan fingerprint density at radius 3 is 3.00 bits per heavy atom. The van der Waals surface area contributed by atoms with E-state index in [0.29, 0.717) is 5.02 Å². The van der Waals surface area contributed by atoms with Crippen molar-refractivity contribution in [3.8, 4) is 5.69 Å². The molecule has 0 aliphatic heterocycles.